The van der Waals surface area contributed by atoms with E-state index in [4.69, 9.17) is 15.1 Å². The molecular weight excluding hydrogens is 470 g/mol. The maximum absolute atomic E-state index is 11.8. The van der Waals surface area contributed by atoms with E-state index in [-0.39, 0.29) is 6.09 Å². The van der Waals surface area contributed by atoms with Crippen LogP contribution in [0.3, 0.4) is 0 Å². The summed E-state index contributed by atoms with van der Waals surface area (Å²) in [6, 6.07) is 6.16. The predicted molar refractivity (Wildman–Crippen MR) is 130 cm³/mol. The molecule has 1 aromatic heterocycles. The standard InChI is InChI=1S/C24H30BrN5O2/c1-24(2,3)32-23(31)29-11-14-8-17(9-14)27-12-18(22(26)15-4-5-15)21-13-28-20-10-16(25)6-7-19(20)30-21/h6-7,10,12-15,17,26-27H,4-5,8-9,11H2,1-3H3,(H,29,31)/b18-12-,26-22?. The van der Waals surface area contributed by atoms with Crippen molar-refractivity contribution in [1.29, 1.82) is 5.41 Å². The number of fused-ring (bicyclic) bond motifs is 1. The first kappa shape index (κ1) is 22.7. The van der Waals surface area contributed by atoms with Crippen molar-refractivity contribution < 1.29 is 9.53 Å². The summed E-state index contributed by atoms with van der Waals surface area (Å²) in [6.45, 7) is 6.20. The van der Waals surface area contributed by atoms with Gasteiger partial charge in [0.25, 0.3) is 0 Å². The molecular formula is C24H30BrN5O2. The summed E-state index contributed by atoms with van der Waals surface area (Å²) < 4.78 is 6.26. The molecule has 0 aliphatic heterocycles. The molecule has 0 atom stereocenters. The van der Waals surface area contributed by atoms with Gasteiger partial charge in [-0.25, -0.2) is 9.78 Å². The number of aromatic nitrogens is 2. The number of hydrogen-bond donors (Lipinski definition) is 3. The predicted octanol–water partition coefficient (Wildman–Crippen LogP) is 5.06. The van der Waals surface area contributed by atoms with Crippen molar-refractivity contribution in [3.63, 3.8) is 0 Å². The van der Waals surface area contributed by atoms with Gasteiger partial charge >= 0.3 is 6.09 Å². The van der Waals surface area contributed by atoms with Gasteiger partial charge in [0.1, 0.15) is 5.60 Å². The summed E-state index contributed by atoms with van der Waals surface area (Å²) >= 11 is 3.47. The van der Waals surface area contributed by atoms with Crippen LogP contribution in [-0.4, -0.2) is 40.0 Å². The number of rotatable bonds is 7. The van der Waals surface area contributed by atoms with Crippen molar-refractivity contribution in [3.05, 3.63) is 40.8 Å². The van der Waals surface area contributed by atoms with E-state index in [0.717, 1.165) is 52.5 Å². The van der Waals surface area contributed by atoms with Crippen LogP contribution in [0.15, 0.2) is 35.1 Å². The minimum atomic E-state index is -0.483. The number of carbonyl (C=O) groups is 1. The van der Waals surface area contributed by atoms with Gasteiger partial charge in [0.15, 0.2) is 0 Å². The lowest BCUT2D eigenvalue weighted by molar-refractivity contribution is 0.0505. The van der Waals surface area contributed by atoms with Crippen LogP contribution in [0.25, 0.3) is 16.6 Å². The van der Waals surface area contributed by atoms with E-state index < -0.39 is 5.60 Å². The molecule has 170 valence electrons. The van der Waals surface area contributed by atoms with Gasteiger partial charge in [-0.05, 0) is 70.6 Å². The van der Waals surface area contributed by atoms with Gasteiger partial charge < -0.3 is 20.8 Å². The lowest BCUT2D eigenvalue weighted by Crippen LogP contribution is -2.45. The van der Waals surface area contributed by atoms with Crippen LogP contribution in [0.4, 0.5) is 4.79 Å². The second-order valence-corrected chi connectivity index (χ2v) is 10.6. The number of benzene rings is 1. The third-order valence-electron chi connectivity index (χ3n) is 5.69. The molecule has 7 nitrogen and oxygen atoms in total. The van der Waals surface area contributed by atoms with Gasteiger partial charge in [-0.15, -0.1) is 0 Å². The van der Waals surface area contributed by atoms with Gasteiger partial charge in [0, 0.05) is 40.5 Å². The van der Waals surface area contributed by atoms with E-state index in [1.165, 1.54) is 0 Å². The first-order valence-corrected chi connectivity index (χ1v) is 11.9. The number of halogens is 1. The summed E-state index contributed by atoms with van der Waals surface area (Å²) in [5, 5.41) is 15.0. The van der Waals surface area contributed by atoms with Gasteiger partial charge in [-0.3, -0.25) is 4.98 Å². The molecule has 0 spiro atoms. The van der Waals surface area contributed by atoms with Crippen molar-refractivity contribution >= 4 is 44.3 Å². The molecule has 32 heavy (non-hydrogen) atoms. The number of nitrogens with zero attached hydrogens (tertiary/aromatic N) is 2. The van der Waals surface area contributed by atoms with Crippen LogP contribution in [0.5, 0.6) is 0 Å². The fourth-order valence-electron chi connectivity index (χ4n) is 3.78. The third-order valence-corrected chi connectivity index (χ3v) is 6.18. The highest BCUT2D eigenvalue weighted by Gasteiger charge is 2.32. The number of allylic oxidation sites excluding steroid dienone is 1. The topological polar surface area (TPSA) is 100.0 Å². The van der Waals surface area contributed by atoms with E-state index in [0.29, 0.717) is 30.1 Å². The summed E-state index contributed by atoms with van der Waals surface area (Å²) in [5.41, 5.74) is 3.34. The second-order valence-electron chi connectivity index (χ2n) is 9.72. The minimum Gasteiger partial charge on any atom is -0.444 e. The smallest absolute Gasteiger partial charge is 0.407 e. The fraction of sp³-hybridized carbons (Fsp3) is 0.500. The van der Waals surface area contributed by atoms with Crippen molar-refractivity contribution in [2.45, 2.75) is 58.1 Å². The number of carbonyl (C=O) groups excluding carboxylic acids is 1. The molecule has 2 aromatic rings. The highest BCUT2D eigenvalue weighted by Crippen LogP contribution is 2.35. The van der Waals surface area contributed by atoms with E-state index >= 15 is 0 Å². The first-order chi connectivity index (χ1) is 15.2. The number of hydrogen-bond acceptors (Lipinski definition) is 6. The van der Waals surface area contributed by atoms with E-state index in [1.54, 1.807) is 6.20 Å². The normalized spacial score (nSPS) is 21.1. The van der Waals surface area contributed by atoms with Crippen LogP contribution in [0.2, 0.25) is 0 Å². The Morgan fingerprint density at radius 2 is 2.03 bits per heavy atom. The minimum absolute atomic E-state index is 0.317. The molecule has 0 unspecified atom stereocenters. The zero-order valence-corrected chi connectivity index (χ0v) is 20.3. The van der Waals surface area contributed by atoms with Crippen LogP contribution >= 0.6 is 15.9 Å². The van der Waals surface area contributed by atoms with Gasteiger partial charge in [-0.1, -0.05) is 15.9 Å². The maximum atomic E-state index is 11.8. The first-order valence-electron chi connectivity index (χ1n) is 11.1. The van der Waals surface area contributed by atoms with Gasteiger partial charge in [-0.2, -0.15) is 0 Å². The average molecular weight is 500 g/mol. The van der Waals surface area contributed by atoms with E-state index in [1.807, 2.05) is 45.2 Å². The Balaban J connectivity index is 1.37. The summed E-state index contributed by atoms with van der Waals surface area (Å²) in [5.74, 6) is 0.747. The van der Waals surface area contributed by atoms with Crippen LogP contribution in [0.1, 0.15) is 52.1 Å². The monoisotopic (exact) mass is 499 g/mol. The van der Waals surface area contributed by atoms with Crippen molar-refractivity contribution in [2.75, 3.05) is 6.54 Å². The molecule has 3 N–H and O–H groups in total. The Morgan fingerprint density at radius 3 is 2.72 bits per heavy atom. The third kappa shape index (κ3) is 5.85. The summed E-state index contributed by atoms with van der Waals surface area (Å²) in [6.07, 6.45) is 7.39. The van der Waals surface area contributed by atoms with E-state index in [2.05, 4.69) is 31.5 Å². The lowest BCUT2D eigenvalue weighted by Gasteiger charge is -2.36. The lowest BCUT2D eigenvalue weighted by atomic mass is 9.80. The number of nitrogens with one attached hydrogen (secondary N) is 3. The Morgan fingerprint density at radius 1 is 1.28 bits per heavy atom. The van der Waals surface area contributed by atoms with Crippen LogP contribution < -0.4 is 10.6 Å². The summed E-state index contributed by atoms with van der Waals surface area (Å²) in [7, 11) is 0. The number of ether oxygens (including phenoxy) is 1. The molecule has 0 saturated heterocycles. The molecule has 2 aliphatic rings. The average Bonchev–Trinajstić information content (AvgIpc) is 3.52. The Bertz CT molecular complexity index is 1050. The molecule has 1 amide bonds. The van der Waals surface area contributed by atoms with Crippen LogP contribution in [-0.2, 0) is 4.74 Å². The summed E-state index contributed by atoms with van der Waals surface area (Å²) in [4.78, 5) is 21.1. The van der Waals surface area contributed by atoms with Crippen LogP contribution in [0, 0.1) is 17.2 Å². The zero-order valence-electron chi connectivity index (χ0n) is 18.7. The molecule has 2 fully saturated rings. The quantitative estimate of drug-likeness (QED) is 0.462. The molecule has 8 heteroatoms. The Labute approximate surface area is 197 Å². The van der Waals surface area contributed by atoms with Crippen molar-refractivity contribution in [1.82, 2.24) is 20.6 Å². The second kappa shape index (κ2) is 9.17. The maximum Gasteiger partial charge on any atom is 0.407 e. The highest BCUT2D eigenvalue weighted by atomic mass is 79.9. The highest BCUT2D eigenvalue weighted by molar-refractivity contribution is 9.10. The van der Waals surface area contributed by atoms with Gasteiger partial charge in [0.05, 0.1) is 22.9 Å². The molecule has 1 aromatic carbocycles. The Kier molecular flexibility index (Phi) is 6.51. The van der Waals surface area contributed by atoms with Crippen molar-refractivity contribution in [2.24, 2.45) is 11.8 Å². The van der Waals surface area contributed by atoms with Gasteiger partial charge in [0.2, 0.25) is 0 Å². The van der Waals surface area contributed by atoms with E-state index in [9.17, 15) is 4.79 Å². The number of amides is 1. The molecule has 4 rings (SSSR count). The molecule has 0 radical (unpaired) electrons. The zero-order chi connectivity index (χ0) is 22.9. The largest absolute Gasteiger partial charge is 0.444 e. The molecule has 2 aliphatic carbocycles. The molecule has 0 bridgehead atoms. The Hall–Kier alpha value is -2.48. The number of alkyl carbamates (subject to hydrolysis) is 1. The fourth-order valence-corrected chi connectivity index (χ4v) is 4.13. The SMILES string of the molecule is CC(C)(C)OC(=O)NCC1CC(N/C=C(\C(=N)C2CC2)c2cnc3cc(Br)ccc3n2)C1. The molecule has 1 heterocycles. The molecule has 2 saturated carbocycles. The van der Waals surface area contributed by atoms with Crippen molar-refractivity contribution in [3.8, 4) is 0 Å².